The largest absolute Gasteiger partial charge is 0.497 e. The van der Waals surface area contributed by atoms with Gasteiger partial charge in [0.05, 0.1) is 19.3 Å². The molecule has 0 radical (unpaired) electrons. The summed E-state index contributed by atoms with van der Waals surface area (Å²) in [7, 11) is 1.62. The standard InChI is InChI=1S/C14H19NO2/c1-3-4-14(16)13(9-10-15)11-5-7-12(17-2)8-6-11/h5-8,13-14,16H,3-4,9H2,1-2H3/t13-,14-/m1/s1. The van der Waals surface area contributed by atoms with Crippen LogP contribution in [0, 0.1) is 11.3 Å². The molecular weight excluding hydrogens is 214 g/mol. The van der Waals surface area contributed by atoms with E-state index in [-0.39, 0.29) is 5.92 Å². The van der Waals surface area contributed by atoms with Crippen molar-refractivity contribution in [1.82, 2.24) is 0 Å². The van der Waals surface area contributed by atoms with Crippen LogP contribution < -0.4 is 4.74 Å². The van der Waals surface area contributed by atoms with Crippen LogP contribution >= 0.6 is 0 Å². The first-order chi connectivity index (χ1) is 8.22. The second-order valence-corrected chi connectivity index (χ2v) is 4.10. The average Bonchev–Trinajstić information content (AvgIpc) is 2.36. The minimum atomic E-state index is -0.451. The van der Waals surface area contributed by atoms with Crippen molar-refractivity contribution < 1.29 is 9.84 Å². The molecule has 0 saturated heterocycles. The van der Waals surface area contributed by atoms with Crippen molar-refractivity contribution in [3.05, 3.63) is 29.8 Å². The van der Waals surface area contributed by atoms with Gasteiger partial charge in [0.1, 0.15) is 5.75 Å². The van der Waals surface area contributed by atoms with E-state index in [4.69, 9.17) is 10.00 Å². The molecule has 0 aliphatic rings. The first-order valence-electron chi connectivity index (χ1n) is 5.91. The maximum atomic E-state index is 10.0. The molecule has 92 valence electrons. The van der Waals surface area contributed by atoms with Crippen molar-refractivity contribution >= 4 is 0 Å². The van der Waals surface area contributed by atoms with Crippen molar-refractivity contribution in [2.75, 3.05) is 7.11 Å². The molecule has 0 bridgehead atoms. The highest BCUT2D eigenvalue weighted by Crippen LogP contribution is 2.27. The summed E-state index contributed by atoms with van der Waals surface area (Å²) < 4.78 is 5.09. The molecule has 0 unspecified atom stereocenters. The molecule has 0 aliphatic carbocycles. The number of rotatable bonds is 6. The zero-order valence-corrected chi connectivity index (χ0v) is 10.4. The maximum absolute atomic E-state index is 10.0. The van der Waals surface area contributed by atoms with Crippen LogP contribution in [0.1, 0.15) is 37.7 Å². The lowest BCUT2D eigenvalue weighted by Crippen LogP contribution is -2.18. The van der Waals surface area contributed by atoms with Gasteiger partial charge in [-0.05, 0) is 24.1 Å². The van der Waals surface area contributed by atoms with E-state index in [2.05, 4.69) is 6.07 Å². The summed E-state index contributed by atoms with van der Waals surface area (Å²) >= 11 is 0. The van der Waals surface area contributed by atoms with E-state index in [1.165, 1.54) is 0 Å². The second-order valence-electron chi connectivity index (χ2n) is 4.10. The van der Waals surface area contributed by atoms with Crippen molar-refractivity contribution in [2.24, 2.45) is 0 Å². The molecule has 17 heavy (non-hydrogen) atoms. The monoisotopic (exact) mass is 233 g/mol. The second kappa shape index (κ2) is 6.93. The Morgan fingerprint density at radius 1 is 1.35 bits per heavy atom. The van der Waals surface area contributed by atoms with E-state index in [1.807, 2.05) is 31.2 Å². The fraction of sp³-hybridized carbons (Fsp3) is 0.500. The highest BCUT2D eigenvalue weighted by molar-refractivity contribution is 5.30. The zero-order valence-electron chi connectivity index (χ0n) is 10.4. The lowest BCUT2D eigenvalue weighted by atomic mass is 9.88. The fourth-order valence-corrected chi connectivity index (χ4v) is 1.92. The molecule has 2 atom stereocenters. The molecular formula is C14H19NO2. The van der Waals surface area contributed by atoms with Crippen LogP contribution in [-0.4, -0.2) is 18.3 Å². The Kier molecular flexibility index (Phi) is 5.51. The van der Waals surface area contributed by atoms with Crippen LogP contribution in [-0.2, 0) is 0 Å². The number of hydrogen-bond acceptors (Lipinski definition) is 3. The maximum Gasteiger partial charge on any atom is 0.118 e. The predicted octanol–water partition coefficient (Wildman–Crippen LogP) is 2.85. The number of aliphatic hydroxyl groups is 1. The molecule has 0 fully saturated rings. The summed E-state index contributed by atoms with van der Waals surface area (Å²) in [5, 5.41) is 18.9. The smallest absolute Gasteiger partial charge is 0.118 e. The SMILES string of the molecule is CCC[C@@H](O)[C@H](CC#N)c1ccc(OC)cc1. The first kappa shape index (κ1) is 13.5. The quantitative estimate of drug-likeness (QED) is 0.822. The molecule has 0 aromatic heterocycles. The molecule has 0 saturated carbocycles. The Labute approximate surface area is 103 Å². The van der Waals surface area contributed by atoms with Gasteiger partial charge < -0.3 is 9.84 Å². The van der Waals surface area contributed by atoms with Gasteiger partial charge >= 0.3 is 0 Å². The summed E-state index contributed by atoms with van der Waals surface area (Å²) in [6.07, 6.45) is 1.53. The molecule has 1 rings (SSSR count). The summed E-state index contributed by atoms with van der Waals surface area (Å²) in [5.74, 6) is 0.681. The Morgan fingerprint density at radius 3 is 2.47 bits per heavy atom. The van der Waals surface area contributed by atoms with Gasteiger partial charge in [0.2, 0.25) is 0 Å². The third kappa shape index (κ3) is 3.76. The number of methoxy groups -OCH3 is 1. The molecule has 3 heteroatoms. The van der Waals surface area contributed by atoms with Crippen LogP contribution in [0.4, 0.5) is 0 Å². The van der Waals surface area contributed by atoms with Crippen LogP contribution in [0.25, 0.3) is 0 Å². The molecule has 1 N–H and O–H groups in total. The number of benzene rings is 1. The highest BCUT2D eigenvalue weighted by atomic mass is 16.5. The summed E-state index contributed by atoms with van der Waals surface area (Å²) in [5.41, 5.74) is 0.994. The van der Waals surface area contributed by atoms with Gasteiger partial charge in [-0.15, -0.1) is 0 Å². The van der Waals surface area contributed by atoms with Gasteiger partial charge in [0.15, 0.2) is 0 Å². The van der Waals surface area contributed by atoms with E-state index in [9.17, 15) is 5.11 Å². The number of nitrogens with zero attached hydrogens (tertiary/aromatic N) is 1. The van der Waals surface area contributed by atoms with Crippen molar-refractivity contribution in [1.29, 1.82) is 5.26 Å². The summed E-state index contributed by atoms with van der Waals surface area (Å²) in [6.45, 7) is 2.03. The van der Waals surface area contributed by atoms with Gasteiger partial charge in [-0.2, -0.15) is 5.26 Å². The third-order valence-corrected chi connectivity index (χ3v) is 2.90. The summed E-state index contributed by atoms with van der Waals surface area (Å²) in [6, 6.07) is 9.69. The molecule has 0 amide bonds. The van der Waals surface area contributed by atoms with E-state index < -0.39 is 6.10 Å². The molecule has 0 spiro atoms. The molecule has 3 nitrogen and oxygen atoms in total. The normalized spacial score (nSPS) is 13.8. The number of hydrogen-bond donors (Lipinski definition) is 1. The van der Waals surface area contributed by atoms with E-state index in [0.29, 0.717) is 6.42 Å². The van der Waals surface area contributed by atoms with E-state index >= 15 is 0 Å². The molecule has 1 aromatic carbocycles. The lowest BCUT2D eigenvalue weighted by Gasteiger charge is -2.20. The topological polar surface area (TPSA) is 53.2 Å². The minimum absolute atomic E-state index is 0.106. The Balaban J connectivity index is 2.85. The van der Waals surface area contributed by atoms with Crippen LogP contribution in [0.3, 0.4) is 0 Å². The van der Waals surface area contributed by atoms with Gasteiger partial charge in [0.25, 0.3) is 0 Å². The Morgan fingerprint density at radius 2 is 2.00 bits per heavy atom. The summed E-state index contributed by atoms with van der Waals surface area (Å²) in [4.78, 5) is 0. The molecule has 0 aliphatic heterocycles. The van der Waals surface area contributed by atoms with Gasteiger partial charge in [-0.1, -0.05) is 25.5 Å². The Hall–Kier alpha value is -1.53. The van der Waals surface area contributed by atoms with Crippen molar-refractivity contribution in [2.45, 2.75) is 38.2 Å². The predicted molar refractivity (Wildman–Crippen MR) is 66.9 cm³/mol. The number of aliphatic hydroxyl groups excluding tert-OH is 1. The molecule has 0 heterocycles. The van der Waals surface area contributed by atoms with Crippen LogP contribution in [0.5, 0.6) is 5.75 Å². The average molecular weight is 233 g/mol. The molecule has 1 aromatic rings. The fourth-order valence-electron chi connectivity index (χ4n) is 1.92. The van der Waals surface area contributed by atoms with Crippen LogP contribution in [0.15, 0.2) is 24.3 Å². The van der Waals surface area contributed by atoms with E-state index in [1.54, 1.807) is 7.11 Å². The van der Waals surface area contributed by atoms with Gasteiger partial charge in [0, 0.05) is 12.3 Å². The lowest BCUT2D eigenvalue weighted by molar-refractivity contribution is 0.133. The Bertz CT molecular complexity index is 367. The first-order valence-corrected chi connectivity index (χ1v) is 5.91. The van der Waals surface area contributed by atoms with Crippen molar-refractivity contribution in [3.63, 3.8) is 0 Å². The van der Waals surface area contributed by atoms with Gasteiger partial charge in [-0.25, -0.2) is 0 Å². The van der Waals surface area contributed by atoms with Crippen LogP contribution in [0.2, 0.25) is 0 Å². The van der Waals surface area contributed by atoms with Crippen molar-refractivity contribution in [3.8, 4) is 11.8 Å². The third-order valence-electron chi connectivity index (χ3n) is 2.90. The minimum Gasteiger partial charge on any atom is -0.497 e. The number of ether oxygens (including phenoxy) is 1. The van der Waals surface area contributed by atoms with Gasteiger partial charge in [-0.3, -0.25) is 0 Å². The van der Waals surface area contributed by atoms with E-state index in [0.717, 1.165) is 24.2 Å². The highest BCUT2D eigenvalue weighted by Gasteiger charge is 2.20. The number of nitriles is 1. The zero-order chi connectivity index (χ0) is 12.7.